The third-order valence-corrected chi connectivity index (χ3v) is 23.8. The van der Waals surface area contributed by atoms with Crippen molar-refractivity contribution in [1.82, 2.24) is 0 Å². The number of rotatable bonds is 10. The third kappa shape index (κ3) is 7.08. The standard InChI is InChI=1S/C39H72O4Si2/c1-26(25-42-44(11,12)36(3,4)5)16-15-17-27(2)32-34(40)35(41)33-30-19-18-28-24-29(43-45(13,14)37(6,7)8)20-22-38(28,9)31(30)21-23-39(32,33)10/h18,26-27,29-33,35,41H,15-17,19-25H2,1-14H3/t26-,27-,29+,30-,31+,32+,33-,35-,38+,39-/m1/s1. The van der Waals surface area contributed by atoms with Gasteiger partial charge < -0.3 is 14.0 Å². The summed E-state index contributed by atoms with van der Waals surface area (Å²) in [5, 5.41) is 12.1. The van der Waals surface area contributed by atoms with Crippen LogP contribution < -0.4 is 0 Å². The molecular weight excluding hydrogens is 589 g/mol. The van der Waals surface area contributed by atoms with Crippen LogP contribution in [0.5, 0.6) is 0 Å². The second kappa shape index (κ2) is 12.9. The molecule has 0 amide bonds. The molecule has 0 saturated heterocycles. The van der Waals surface area contributed by atoms with Gasteiger partial charge in [-0.15, -0.1) is 0 Å². The minimum atomic E-state index is -1.81. The van der Waals surface area contributed by atoms with Crippen LogP contribution in [0.3, 0.4) is 0 Å². The van der Waals surface area contributed by atoms with E-state index in [4.69, 9.17) is 8.85 Å². The third-order valence-electron chi connectivity index (χ3n) is 14.7. The number of carbonyl (C=O) groups is 1. The van der Waals surface area contributed by atoms with Gasteiger partial charge in [0.05, 0.1) is 0 Å². The van der Waals surface area contributed by atoms with Gasteiger partial charge in [-0.05, 0) is 122 Å². The van der Waals surface area contributed by atoms with Crippen LogP contribution in [0.25, 0.3) is 0 Å². The second-order valence-corrected chi connectivity index (χ2v) is 29.4. The molecule has 260 valence electrons. The zero-order valence-corrected chi connectivity index (χ0v) is 33.9. The number of aliphatic hydroxyl groups excluding tert-OH is 1. The van der Waals surface area contributed by atoms with E-state index in [0.29, 0.717) is 29.8 Å². The molecule has 45 heavy (non-hydrogen) atoms. The summed E-state index contributed by atoms with van der Waals surface area (Å²) in [6.07, 6.45) is 12.0. The average molecular weight is 661 g/mol. The molecule has 0 unspecified atom stereocenters. The predicted molar refractivity (Wildman–Crippen MR) is 194 cm³/mol. The molecule has 4 rings (SSSR count). The van der Waals surface area contributed by atoms with Gasteiger partial charge in [-0.25, -0.2) is 0 Å². The van der Waals surface area contributed by atoms with Crippen molar-refractivity contribution in [2.45, 2.75) is 175 Å². The van der Waals surface area contributed by atoms with Crippen LogP contribution in [0, 0.1) is 46.3 Å². The summed E-state index contributed by atoms with van der Waals surface area (Å²) in [5.74, 6) is 2.01. The summed E-state index contributed by atoms with van der Waals surface area (Å²) in [5.41, 5.74) is 1.68. The molecular formula is C39H72O4Si2. The maximum Gasteiger partial charge on any atom is 0.192 e. The Bertz CT molecular complexity index is 1100. The van der Waals surface area contributed by atoms with Crippen molar-refractivity contribution in [3.8, 4) is 0 Å². The number of fused-ring (bicyclic) bond motifs is 5. The molecule has 1 N–H and O–H groups in total. The highest BCUT2D eigenvalue weighted by Crippen LogP contribution is 2.66. The lowest BCUT2D eigenvalue weighted by Crippen LogP contribution is -2.53. The highest BCUT2D eigenvalue weighted by atomic mass is 28.4. The van der Waals surface area contributed by atoms with E-state index in [9.17, 15) is 9.90 Å². The van der Waals surface area contributed by atoms with Gasteiger partial charge in [0.1, 0.15) is 6.10 Å². The normalized spacial score (nSPS) is 37.4. The van der Waals surface area contributed by atoms with Gasteiger partial charge in [0.15, 0.2) is 22.4 Å². The van der Waals surface area contributed by atoms with E-state index in [0.717, 1.165) is 51.6 Å². The van der Waals surface area contributed by atoms with E-state index < -0.39 is 22.7 Å². The van der Waals surface area contributed by atoms with Gasteiger partial charge in [-0.1, -0.05) is 87.3 Å². The summed E-state index contributed by atoms with van der Waals surface area (Å²) >= 11 is 0. The Balaban J connectivity index is 1.41. The first-order valence-corrected chi connectivity index (χ1v) is 24.5. The number of hydrogen-bond donors (Lipinski definition) is 1. The lowest BCUT2D eigenvalue weighted by molar-refractivity contribution is -0.130. The van der Waals surface area contributed by atoms with Crippen molar-refractivity contribution in [1.29, 1.82) is 0 Å². The SMILES string of the molecule is C[C@H](CCC[C@@H](C)[C@H]1C(=O)[C@H](O)[C@H]2[C@@H]3CC=C4C[C@@H](O[Si](C)(C)C(C)(C)C)CC[C@]4(C)[C@H]3CC[C@@]21C)CO[Si](C)(C)C(C)(C)C. The van der Waals surface area contributed by atoms with E-state index >= 15 is 0 Å². The number of Topliss-reactive ketones (excluding diaryl/α,β-unsaturated/α-hetero) is 1. The number of allylic oxidation sites excluding steroid dienone is 1. The van der Waals surface area contributed by atoms with Crippen LogP contribution in [0.2, 0.25) is 36.3 Å². The molecule has 10 atom stereocenters. The lowest BCUT2D eigenvalue weighted by atomic mass is 9.46. The zero-order valence-electron chi connectivity index (χ0n) is 31.9. The summed E-state index contributed by atoms with van der Waals surface area (Å²) in [6.45, 7) is 33.7. The minimum Gasteiger partial charge on any atom is -0.417 e. The van der Waals surface area contributed by atoms with E-state index in [2.05, 4.69) is 102 Å². The average Bonchev–Trinajstić information content (AvgIpc) is 3.11. The molecule has 4 aliphatic carbocycles. The highest BCUT2D eigenvalue weighted by molar-refractivity contribution is 6.74. The molecule has 6 heteroatoms. The molecule has 0 aromatic carbocycles. The van der Waals surface area contributed by atoms with Gasteiger partial charge in [0, 0.05) is 24.5 Å². The van der Waals surface area contributed by atoms with Crippen LogP contribution in [-0.4, -0.2) is 46.3 Å². The predicted octanol–water partition coefficient (Wildman–Crippen LogP) is 10.6. The van der Waals surface area contributed by atoms with E-state index in [1.165, 1.54) is 12.8 Å². The van der Waals surface area contributed by atoms with Crippen molar-refractivity contribution in [3.63, 3.8) is 0 Å². The molecule has 0 bridgehead atoms. The van der Waals surface area contributed by atoms with Gasteiger partial charge in [-0.2, -0.15) is 0 Å². The first kappa shape index (κ1) is 37.5. The monoisotopic (exact) mass is 660 g/mol. The van der Waals surface area contributed by atoms with Crippen LogP contribution in [0.4, 0.5) is 0 Å². The molecule has 0 spiro atoms. The van der Waals surface area contributed by atoms with Crippen molar-refractivity contribution in [2.75, 3.05) is 6.61 Å². The van der Waals surface area contributed by atoms with Crippen LogP contribution in [0.15, 0.2) is 11.6 Å². The number of ketones is 1. The number of aliphatic hydroxyl groups is 1. The Labute approximate surface area is 280 Å². The fourth-order valence-corrected chi connectivity index (χ4v) is 12.3. The quantitative estimate of drug-likeness (QED) is 0.187. The summed E-state index contributed by atoms with van der Waals surface area (Å²) < 4.78 is 13.4. The van der Waals surface area contributed by atoms with Gasteiger partial charge in [0.2, 0.25) is 0 Å². The van der Waals surface area contributed by atoms with E-state index in [-0.39, 0.29) is 38.5 Å². The van der Waals surface area contributed by atoms with Crippen LogP contribution >= 0.6 is 0 Å². The molecule has 0 aromatic heterocycles. The summed E-state index contributed by atoms with van der Waals surface area (Å²) in [6, 6.07) is 0. The topological polar surface area (TPSA) is 55.8 Å². The van der Waals surface area contributed by atoms with E-state index in [1.807, 2.05) is 0 Å². The summed E-state index contributed by atoms with van der Waals surface area (Å²) in [7, 11) is -3.54. The van der Waals surface area contributed by atoms with Gasteiger partial charge >= 0.3 is 0 Å². The van der Waals surface area contributed by atoms with Crippen molar-refractivity contribution in [3.05, 3.63) is 11.6 Å². The maximum atomic E-state index is 13.9. The van der Waals surface area contributed by atoms with Crippen molar-refractivity contribution < 1.29 is 18.8 Å². The lowest BCUT2D eigenvalue weighted by Gasteiger charge is -2.58. The Morgan fingerprint density at radius 2 is 1.58 bits per heavy atom. The molecule has 4 aliphatic rings. The Morgan fingerprint density at radius 3 is 2.18 bits per heavy atom. The zero-order chi connectivity index (χ0) is 34.0. The van der Waals surface area contributed by atoms with Crippen LogP contribution in [-0.2, 0) is 13.6 Å². The van der Waals surface area contributed by atoms with E-state index in [1.54, 1.807) is 5.57 Å². The minimum absolute atomic E-state index is 0.0239. The molecule has 0 radical (unpaired) electrons. The van der Waals surface area contributed by atoms with Gasteiger partial charge in [-0.3, -0.25) is 4.79 Å². The van der Waals surface area contributed by atoms with Crippen LogP contribution in [0.1, 0.15) is 127 Å². The largest absolute Gasteiger partial charge is 0.417 e. The second-order valence-electron chi connectivity index (χ2n) is 19.9. The molecule has 3 saturated carbocycles. The van der Waals surface area contributed by atoms with Gasteiger partial charge in [0.25, 0.3) is 0 Å². The fraction of sp³-hybridized carbons (Fsp3) is 0.923. The summed E-state index contributed by atoms with van der Waals surface area (Å²) in [4.78, 5) is 13.9. The van der Waals surface area contributed by atoms with Crippen molar-refractivity contribution >= 4 is 22.4 Å². The Morgan fingerprint density at radius 1 is 0.956 bits per heavy atom. The van der Waals surface area contributed by atoms with Crippen molar-refractivity contribution in [2.24, 2.45) is 46.3 Å². The Hall–Kier alpha value is -0.276. The molecule has 0 aliphatic heterocycles. The number of hydrogen-bond acceptors (Lipinski definition) is 4. The molecule has 0 aromatic rings. The highest BCUT2D eigenvalue weighted by Gasteiger charge is 2.65. The number of carbonyl (C=O) groups excluding carboxylic acids is 1. The Kier molecular flexibility index (Phi) is 10.7. The first-order chi connectivity index (χ1) is 20.5. The molecule has 0 heterocycles. The maximum absolute atomic E-state index is 13.9. The molecule has 4 nitrogen and oxygen atoms in total. The smallest absolute Gasteiger partial charge is 0.192 e. The molecule has 3 fully saturated rings. The fourth-order valence-electron chi connectivity index (χ4n) is 9.78. The first-order valence-electron chi connectivity index (χ1n) is 18.7.